The van der Waals surface area contributed by atoms with Gasteiger partial charge in [0.2, 0.25) is 0 Å². The number of hydrogen-bond donors (Lipinski definition) is 0. The molecule has 0 unspecified atom stereocenters. The fourth-order valence-corrected chi connectivity index (χ4v) is 1.10. The molecule has 0 aliphatic carbocycles. The first-order valence-corrected chi connectivity index (χ1v) is 4.38. The molecule has 0 radical (unpaired) electrons. The Bertz CT molecular complexity index is 160. The van der Waals surface area contributed by atoms with Gasteiger partial charge in [-0.05, 0) is 0 Å². The third-order valence-corrected chi connectivity index (χ3v) is 1.80. The fourth-order valence-electron chi connectivity index (χ4n) is 0.122. The van der Waals surface area contributed by atoms with Gasteiger partial charge in [-0.25, -0.2) is 0 Å². The molecular weight excluding hydrogens is 298 g/mol. The fraction of sp³-hybridized carbons (Fsp3) is 1.00. The first kappa shape index (κ1) is 23.3. The second-order valence-electron chi connectivity index (χ2n) is 0.976. The van der Waals surface area contributed by atoms with Crippen molar-refractivity contribution in [1.29, 1.82) is 0 Å². The predicted molar refractivity (Wildman–Crippen MR) is 23.0 cm³/mol. The van der Waals surface area contributed by atoms with Gasteiger partial charge in [-0.3, -0.25) is 0 Å². The Morgan fingerprint density at radius 2 is 1.00 bits per heavy atom. The van der Waals surface area contributed by atoms with Crippen LogP contribution in [-0.4, -0.2) is 0 Å². The number of hydrogen-bond acceptors (Lipinski definition) is 7. The molecular formula is CH4Fe2O7P2. The summed E-state index contributed by atoms with van der Waals surface area (Å²) in [6, 6.07) is 0. The molecule has 0 saturated heterocycles. The standard InChI is InChI=1S/CH4.2Fe.H4O7P2/c;;;1-8(2,3)7-9(4,5)6/h1H4;;;(H2,1,2,3)(H2,4,5,6)/q;2*+2;/p-4. The Balaban J connectivity index is -0.000000107. The molecule has 0 aromatic carbocycles. The van der Waals surface area contributed by atoms with Gasteiger partial charge in [0.1, 0.15) is 0 Å². The zero-order valence-corrected chi connectivity index (χ0v) is 8.46. The van der Waals surface area contributed by atoms with Crippen LogP contribution in [0.2, 0.25) is 0 Å². The predicted octanol–water partition coefficient (Wildman–Crippen LogP) is -2.71. The third-order valence-electron chi connectivity index (χ3n) is 0.200. The molecule has 0 amide bonds. The molecule has 11 heteroatoms. The van der Waals surface area contributed by atoms with E-state index in [-0.39, 0.29) is 41.6 Å². The number of rotatable bonds is 2. The molecule has 0 aromatic rings. The molecule has 0 N–H and O–H groups in total. The normalized spacial score (nSPS) is 10.3. The Morgan fingerprint density at radius 1 is 0.833 bits per heavy atom. The van der Waals surface area contributed by atoms with Crippen molar-refractivity contribution < 1.29 is 67.2 Å². The molecule has 76 valence electrons. The Kier molecular flexibility index (Phi) is 14.9. The molecule has 0 fully saturated rings. The smallest absolute Gasteiger partial charge is 0.790 e. The summed E-state index contributed by atoms with van der Waals surface area (Å²) in [5.41, 5.74) is 0. The molecule has 0 heterocycles. The van der Waals surface area contributed by atoms with E-state index >= 15 is 0 Å². The first-order valence-electron chi connectivity index (χ1n) is 1.46. The second kappa shape index (κ2) is 7.68. The van der Waals surface area contributed by atoms with Crippen LogP contribution >= 0.6 is 15.6 Å². The molecule has 0 bridgehead atoms. The van der Waals surface area contributed by atoms with E-state index in [9.17, 15) is 28.7 Å². The van der Waals surface area contributed by atoms with E-state index < -0.39 is 15.6 Å². The minimum Gasteiger partial charge on any atom is -0.790 e. The summed E-state index contributed by atoms with van der Waals surface area (Å²) < 4.78 is 21.2. The van der Waals surface area contributed by atoms with E-state index in [1.165, 1.54) is 0 Å². The van der Waals surface area contributed by atoms with Crippen molar-refractivity contribution in [3.8, 4) is 0 Å². The van der Waals surface area contributed by atoms with Gasteiger partial charge in [0, 0.05) is 0 Å². The second-order valence-corrected chi connectivity index (χ2v) is 3.42. The van der Waals surface area contributed by atoms with Crippen molar-refractivity contribution in [1.82, 2.24) is 0 Å². The van der Waals surface area contributed by atoms with E-state index in [4.69, 9.17) is 0 Å². The monoisotopic (exact) mass is 302 g/mol. The van der Waals surface area contributed by atoms with Crippen LogP contribution in [0.15, 0.2) is 0 Å². The van der Waals surface area contributed by atoms with Crippen LogP contribution < -0.4 is 19.6 Å². The van der Waals surface area contributed by atoms with Gasteiger partial charge in [-0.15, -0.1) is 0 Å². The SMILES string of the molecule is C.O=P([O-])([O-])OP(=O)([O-])[O-].[Fe+2].[Fe+2]. The largest absolute Gasteiger partial charge is 2.00 e. The van der Waals surface area contributed by atoms with Crippen molar-refractivity contribution in [2.75, 3.05) is 0 Å². The van der Waals surface area contributed by atoms with Crippen molar-refractivity contribution in [2.24, 2.45) is 0 Å². The van der Waals surface area contributed by atoms with Crippen LogP contribution in [0, 0.1) is 0 Å². The minimum absolute atomic E-state index is 0. The van der Waals surface area contributed by atoms with Gasteiger partial charge >= 0.3 is 34.1 Å². The van der Waals surface area contributed by atoms with Gasteiger partial charge in [0.05, 0.1) is 15.6 Å². The van der Waals surface area contributed by atoms with E-state index in [2.05, 4.69) is 4.31 Å². The quantitative estimate of drug-likeness (QED) is 0.399. The van der Waals surface area contributed by atoms with Crippen LogP contribution in [0.5, 0.6) is 0 Å². The van der Waals surface area contributed by atoms with Crippen molar-refractivity contribution in [3.63, 3.8) is 0 Å². The topological polar surface area (TPSA) is 136 Å². The van der Waals surface area contributed by atoms with Crippen LogP contribution in [0.4, 0.5) is 0 Å². The third kappa shape index (κ3) is 22.5. The maximum Gasteiger partial charge on any atom is 2.00 e. The van der Waals surface area contributed by atoms with Crippen LogP contribution in [0.1, 0.15) is 7.43 Å². The molecule has 0 saturated carbocycles. The summed E-state index contributed by atoms with van der Waals surface area (Å²) in [6.45, 7) is 0. The molecule has 0 aliphatic rings. The zero-order valence-electron chi connectivity index (χ0n) is 4.46. The first-order chi connectivity index (χ1) is 3.71. The summed E-state index contributed by atoms with van der Waals surface area (Å²) in [7, 11) is -11.4. The Morgan fingerprint density at radius 3 is 1.00 bits per heavy atom. The van der Waals surface area contributed by atoms with Gasteiger partial charge in [-0.1, -0.05) is 7.43 Å². The van der Waals surface area contributed by atoms with Gasteiger partial charge in [0.15, 0.2) is 0 Å². The van der Waals surface area contributed by atoms with E-state index in [0.29, 0.717) is 0 Å². The maximum atomic E-state index is 9.32. The summed E-state index contributed by atoms with van der Waals surface area (Å²) in [4.78, 5) is 37.3. The van der Waals surface area contributed by atoms with Gasteiger partial charge < -0.3 is 33.0 Å². The van der Waals surface area contributed by atoms with E-state index in [0.717, 1.165) is 0 Å². The minimum atomic E-state index is -5.68. The van der Waals surface area contributed by atoms with Crippen molar-refractivity contribution in [2.45, 2.75) is 7.43 Å². The molecule has 0 aliphatic heterocycles. The molecule has 12 heavy (non-hydrogen) atoms. The van der Waals surface area contributed by atoms with E-state index in [1.807, 2.05) is 0 Å². The summed E-state index contributed by atoms with van der Waals surface area (Å²) in [5, 5.41) is 0. The average molecular weight is 302 g/mol. The molecule has 0 rings (SSSR count). The van der Waals surface area contributed by atoms with Crippen molar-refractivity contribution >= 4 is 15.6 Å². The summed E-state index contributed by atoms with van der Waals surface area (Å²) in [5.74, 6) is 0. The molecule has 0 aromatic heterocycles. The maximum absolute atomic E-state index is 9.32. The number of phosphoric acid groups is 2. The molecule has 0 spiro atoms. The molecule has 0 atom stereocenters. The Hall–Kier alpha value is 1.30. The van der Waals surface area contributed by atoms with Gasteiger partial charge in [0.25, 0.3) is 0 Å². The van der Waals surface area contributed by atoms with Crippen LogP contribution in [0.3, 0.4) is 0 Å². The average Bonchev–Trinajstić information content (AvgIpc) is 1.14. The van der Waals surface area contributed by atoms with Crippen LogP contribution in [-0.2, 0) is 47.6 Å². The Labute approximate surface area is 90.3 Å². The summed E-state index contributed by atoms with van der Waals surface area (Å²) >= 11 is 0. The van der Waals surface area contributed by atoms with Crippen molar-refractivity contribution in [3.05, 3.63) is 0 Å². The van der Waals surface area contributed by atoms with Gasteiger partial charge in [-0.2, -0.15) is 0 Å². The van der Waals surface area contributed by atoms with Crippen LogP contribution in [0.25, 0.3) is 0 Å². The van der Waals surface area contributed by atoms with E-state index in [1.54, 1.807) is 0 Å². The molecule has 7 nitrogen and oxygen atoms in total. The summed E-state index contributed by atoms with van der Waals surface area (Å²) in [6.07, 6.45) is 0. The zero-order chi connectivity index (χ0) is 7.71.